The Labute approximate surface area is 108 Å². The van der Waals surface area contributed by atoms with Crippen LogP contribution in [0.3, 0.4) is 0 Å². The second-order valence-electron chi connectivity index (χ2n) is 5.31. The standard InChI is InChI=1S/C15H22N2O/c1-11(2)7-14(18)10-16-9-12-3-4-15-13(8-12)5-6-17-15/h3-6,8,11,14,16-18H,7,9-10H2,1-2H3. The van der Waals surface area contributed by atoms with Gasteiger partial charge in [-0.05, 0) is 41.5 Å². The monoisotopic (exact) mass is 246 g/mol. The van der Waals surface area contributed by atoms with Crippen LogP contribution in [0.1, 0.15) is 25.8 Å². The fourth-order valence-corrected chi connectivity index (χ4v) is 2.22. The second kappa shape index (κ2) is 6.03. The number of aromatic amines is 1. The fraction of sp³-hybridized carbons (Fsp3) is 0.467. The summed E-state index contributed by atoms with van der Waals surface area (Å²) in [5.74, 6) is 0.540. The maximum Gasteiger partial charge on any atom is 0.0667 e. The zero-order valence-corrected chi connectivity index (χ0v) is 11.1. The lowest BCUT2D eigenvalue weighted by atomic mass is 10.1. The predicted octanol–water partition coefficient (Wildman–Crippen LogP) is 2.66. The molecule has 0 aliphatic rings. The highest BCUT2D eigenvalue weighted by Crippen LogP contribution is 2.14. The third kappa shape index (κ3) is 3.59. The molecule has 0 saturated heterocycles. The van der Waals surface area contributed by atoms with Crippen molar-refractivity contribution in [3.63, 3.8) is 0 Å². The van der Waals surface area contributed by atoms with Crippen molar-refractivity contribution in [2.24, 2.45) is 5.92 Å². The minimum atomic E-state index is -0.249. The Hall–Kier alpha value is -1.32. The molecule has 18 heavy (non-hydrogen) atoms. The number of H-pyrrole nitrogens is 1. The summed E-state index contributed by atoms with van der Waals surface area (Å²) in [5, 5.41) is 14.3. The van der Waals surface area contributed by atoms with Crippen molar-refractivity contribution >= 4 is 10.9 Å². The molecule has 0 aliphatic carbocycles. The van der Waals surface area contributed by atoms with E-state index in [0.29, 0.717) is 12.5 Å². The van der Waals surface area contributed by atoms with Crippen LogP contribution < -0.4 is 5.32 Å². The zero-order chi connectivity index (χ0) is 13.0. The van der Waals surface area contributed by atoms with Gasteiger partial charge in [-0.25, -0.2) is 0 Å². The Morgan fingerprint density at radius 3 is 2.89 bits per heavy atom. The molecule has 0 bridgehead atoms. The molecule has 2 aromatic rings. The summed E-state index contributed by atoms with van der Waals surface area (Å²) in [7, 11) is 0. The number of fused-ring (bicyclic) bond motifs is 1. The maximum atomic E-state index is 9.77. The molecule has 0 radical (unpaired) electrons. The highest BCUT2D eigenvalue weighted by Gasteiger charge is 2.06. The predicted molar refractivity (Wildman–Crippen MR) is 75.5 cm³/mol. The highest BCUT2D eigenvalue weighted by atomic mass is 16.3. The molecule has 1 aromatic heterocycles. The van der Waals surface area contributed by atoms with Crippen LogP contribution in [0.2, 0.25) is 0 Å². The second-order valence-corrected chi connectivity index (χ2v) is 5.31. The van der Waals surface area contributed by atoms with Gasteiger partial charge in [-0.3, -0.25) is 0 Å². The summed E-state index contributed by atoms with van der Waals surface area (Å²) in [6, 6.07) is 8.46. The maximum absolute atomic E-state index is 9.77. The molecule has 0 spiro atoms. The van der Waals surface area contributed by atoms with Crippen molar-refractivity contribution in [1.82, 2.24) is 10.3 Å². The largest absolute Gasteiger partial charge is 0.392 e. The van der Waals surface area contributed by atoms with Gasteiger partial charge in [-0.1, -0.05) is 19.9 Å². The molecule has 3 heteroatoms. The van der Waals surface area contributed by atoms with Crippen molar-refractivity contribution in [1.29, 1.82) is 0 Å². The Morgan fingerprint density at radius 1 is 1.28 bits per heavy atom. The van der Waals surface area contributed by atoms with Crippen LogP contribution >= 0.6 is 0 Å². The van der Waals surface area contributed by atoms with Crippen LogP contribution in [-0.2, 0) is 6.54 Å². The fourth-order valence-electron chi connectivity index (χ4n) is 2.22. The lowest BCUT2D eigenvalue weighted by molar-refractivity contribution is 0.146. The SMILES string of the molecule is CC(C)CC(O)CNCc1ccc2[nH]ccc2c1. The van der Waals surface area contributed by atoms with Gasteiger partial charge in [0.2, 0.25) is 0 Å². The van der Waals surface area contributed by atoms with Crippen LogP contribution in [0.4, 0.5) is 0 Å². The zero-order valence-electron chi connectivity index (χ0n) is 11.1. The van der Waals surface area contributed by atoms with Crippen molar-refractivity contribution in [2.45, 2.75) is 32.9 Å². The molecular formula is C15H22N2O. The number of nitrogens with one attached hydrogen (secondary N) is 2. The van der Waals surface area contributed by atoms with Crippen molar-refractivity contribution in [2.75, 3.05) is 6.54 Å². The topological polar surface area (TPSA) is 48.0 Å². The molecule has 98 valence electrons. The van der Waals surface area contributed by atoms with Crippen LogP contribution in [-0.4, -0.2) is 22.7 Å². The van der Waals surface area contributed by atoms with Crippen LogP contribution in [0, 0.1) is 5.92 Å². The van der Waals surface area contributed by atoms with Gasteiger partial charge in [0.25, 0.3) is 0 Å². The van der Waals surface area contributed by atoms with Gasteiger partial charge in [0.15, 0.2) is 0 Å². The molecule has 1 atom stereocenters. The first-order chi connectivity index (χ1) is 8.65. The number of rotatable bonds is 6. The van der Waals surface area contributed by atoms with Gasteiger partial charge in [0.05, 0.1) is 6.10 Å². The third-order valence-electron chi connectivity index (χ3n) is 3.07. The molecule has 3 nitrogen and oxygen atoms in total. The minimum absolute atomic E-state index is 0.249. The Bertz CT molecular complexity index is 490. The number of aromatic nitrogens is 1. The van der Waals surface area contributed by atoms with E-state index >= 15 is 0 Å². The summed E-state index contributed by atoms with van der Waals surface area (Å²) in [5.41, 5.74) is 2.41. The van der Waals surface area contributed by atoms with E-state index in [4.69, 9.17) is 0 Å². The third-order valence-corrected chi connectivity index (χ3v) is 3.07. The number of benzene rings is 1. The first kappa shape index (κ1) is 13.1. The normalized spacial score (nSPS) is 13.3. The van der Waals surface area contributed by atoms with E-state index in [1.165, 1.54) is 16.5 Å². The number of aliphatic hydroxyl groups is 1. The van der Waals surface area contributed by atoms with Gasteiger partial charge in [-0.2, -0.15) is 0 Å². The highest BCUT2D eigenvalue weighted by molar-refractivity contribution is 5.79. The Kier molecular flexibility index (Phi) is 4.39. The summed E-state index contributed by atoms with van der Waals surface area (Å²) >= 11 is 0. The lowest BCUT2D eigenvalue weighted by Crippen LogP contribution is -2.27. The van der Waals surface area contributed by atoms with E-state index in [0.717, 1.165) is 13.0 Å². The average Bonchev–Trinajstić information content (AvgIpc) is 2.75. The molecule has 3 N–H and O–H groups in total. The number of aliphatic hydroxyl groups excluding tert-OH is 1. The van der Waals surface area contributed by atoms with E-state index in [9.17, 15) is 5.11 Å². The van der Waals surface area contributed by atoms with Crippen molar-refractivity contribution in [3.8, 4) is 0 Å². The smallest absolute Gasteiger partial charge is 0.0667 e. The minimum Gasteiger partial charge on any atom is -0.392 e. The van der Waals surface area contributed by atoms with Gasteiger partial charge in [0, 0.05) is 24.8 Å². The molecule has 0 saturated carbocycles. The first-order valence-corrected chi connectivity index (χ1v) is 6.60. The quantitative estimate of drug-likeness (QED) is 0.734. The van der Waals surface area contributed by atoms with E-state index in [2.05, 4.69) is 48.4 Å². The Morgan fingerprint density at radius 2 is 2.11 bits per heavy atom. The molecule has 0 fully saturated rings. The molecule has 1 unspecified atom stereocenters. The summed E-state index contributed by atoms with van der Waals surface area (Å²) in [6.45, 7) is 5.71. The van der Waals surface area contributed by atoms with Crippen molar-refractivity contribution in [3.05, 3.63) is 36.0 Å². The molecular weight excluding hydrogens is 224 g/mol. The number of hydrogen-bond donors (Lipinski definition) is 3. The van der Waals surface area contributed by atoms with E-state index in [1.807, 2.05) is 6.20 Å². The molecule has 0 aliphatic heterocycles. The van der Waals surface area contributed by atoms with Crippen LogP contribution in [0.5, 0.6) is 0 Å². The van der Waals surface area contributed by atoms with Crippen LogP contribution in [0.25, 0.3) is 10.9 Å². The lowest BCUT2D eigenvalue weighted by Gasteiger charge is -2.13. The Balaban J connectivity index is 1.82. The van der Waals surface area contributed by atoms with E-state index < -0.39 is 0 Å². The van der Waals surface area contributed by atoms with E-state index in [-0.39, 0.29) is 6.10 Å². The number of hydrogen-bond acceptors (Lipinski definition) is 2. The van der Waals surface area contributed by atoms with Gasteiger partial charge >= 0.3 is 0 Å². The molecule has 2 rings (SSSR count). The van der Waals surface area contributed by atoms with E-state index in [1.54, 1.807) is 0 Å². The van der Waals surface area contributed by atoms with Crippen molar-refractivity contribution < 1.29 is 5.11 Å². The summed E-state index contributed by atoms with van der Waals surface area (Å²) < 4.78 is 0. The van der Waals surface area contributed by atoms with Crippen LogP contribution in [0.15, 0.2) is 30.5 Å². The molecule has 0 amide bonds. The summed E-state index contributed by atoms with van der Waals surface area (Å²) in [4.78, 5) is 3.18. The van der Waals surface area contributed by atoms with Gasteiger partial charge < -0.3 is 15.4 Å². The first-order valence-electron chi connectivity index (χ1n) is 6.60. The summed E-state index contributed by atoms with van der Waals surface area (Å²) in [6.07, 6.45) is 2.55. The average molecular weight is 246 g/mol. The van der Waals surface area contributed by atoms with Gasteiger partial charge in [-0.15, -0.1) is 0 Å². The molecule has 1 aromatic carbocycles. The van der Waals surface area contributed by atoms with Gasteiger partial charge in [0.1, 0.15) is 0 Å². The molecule has 1 heterocycles.